The SMILES string of the molecule is Cc1ccccc1C(=O)NN1C[C@@H](C(=O)OCC(=O)Nc2ccccc2Cl)CC1=O. The Bertz CT molecular complexity index is 994. The molecule has 1 fully saturated rings. The second-order valence-electron chi connectivity index (χ2n) is 6.80. The number of hydrazine groups is 1. The highest BCUT2D eigenvalue weighted by Crippen LogP contribution is 2.21. The number of aryl methyl sites for hydroxylation is 1. The molecule has 1 atom stereocenters. The molecule has 2 aromatic carbocycles. The van der Waals surface area contributed by atoms with Crippen LogP contribution < -0.4 is 10.7 Å². The van der Waals surface area contributed by atoms with Crippen molar-refractivity contribution in [3.8, 4) is 0 Å². The van der Waals surface area contributed by atoms with Gasteiger partial charge >= 0.3 is 5.97 Å². The van der Waals surface area contributed by atoms with Crippen LogP contribution in [-0.4, -0.2) is 41.9 Å². The Labute approximate surface area is 178 Å². The summed E-state index contributed by atoms with van der Waals surface area (Å²) in [7, 11) is 0. The number of anilines is 1. The van der Waals surface area contributed by atoms with E-state index in [-0.39, 0.29) is 13.0 Å². The van der Waals surface area contributed by atoms with Gasteiger partial charge in [-0.3, -0.25) is 29.6 Å². The highest BCUT2D eigenvalue weighted by molar-refractivity contribution is 6.33. The fraction of sp³-hybridized carbons (Fsp3) is 0.238. The molecule has 156 valence electrons. The number of rotatable bonds is 6. The predicted molar refractivity (Wildman–Crippen MR) is 110 cm³/mol. The Kier molecular flexibility index (Phi) is 6.68. The largest absolute Gasteiger partial charge is 0.455 e. The monoisotopic (exact) mass is 429 g/mol. The third kappa shape index (κ3) is 5.15. The van der Waals surface area contributed by atoms with Crippen molar-refractivity contribution in [3.05, 3.63) is 64.7 Å². The lowest BCUT2D eigenvalue weighted by molar-refractivity contribution is -0.151. The van der Waals surface area contributed by atoms with Gasteiger partial charge in [-0.2, -0.15) is 0 Å². The van der Waals surface area contributed by atoms with Crippen LogP contribution in [0.15, 0.2) is 48.5 Å². The van der Waals surface area contributed by atoms with Gasteiger partial charge in [0.05, 0.1) is 23.2 Å². The number of halogens is 1. The summed E-state index contributed by atoms with van der Waals surface area (Å²) in [6.45, 7) is 1.25. The summed E-state index contributed by atoms with van der Waals surface area (Å²) in [6.07, 6.45) is -0.112. The molecule has 0 saturated carbocycles. The molecular weight excluding hydrogens is 410 g/mol. The maximum atomic E-state index is 12.4. The number of carbonyl (C=O) groups excluding carboxylic acids is 4. The summed E-state index contributed by atoms with van der Waals surface area (Å²) < 4.78 is 5.02. The number of benzene rings is 2. The molecule has 0 radical (unpaired) electrons. The van der Waals surface area contributed by atoms with E-state index in [4.69, 9.17) is 16.3 Å². The van der Waals surface area contributed by atoms with Crippen LogP contribution in [0.25, 0.3) is 0 Å². The zero-order chi connectivity index (χ0) is 21.7. The number of para-hydroxylation sites is 1. The van der Waals surface area contributed by atoms with Crippen LogP contribution >= 0.6 is 11.6 Å². The van der Waals surface area contributed by atoms with Crippen LogP contribution in [-0.2, 0) is 19.1 Å². The maximum Gasteiger partial charge on any atom is 0.311 e. The summed E-state index contributed by atoms with van der Waals surface area (Å²) in [5.41, 5.74) is 4.12. The molecule has 8 nitrogen and oxygen atoms in total. The second kappa shape index (κ2) is 9.41. The van der Waals surface area contributed by atoms with E-state index in [0.717, 1.165) is 10.6 Å². The van der Waals surface area contributed by atoms with Gasteiger partial charge in [-0.15, -0.1) is 0 Å². The summed E-state index contributed by atoms with van der Waals surface area (Å²) in [5, 5.41) is 4.00. The van der Waals surface area contributed by atoms with Crippen molar-refractivity contribution >= 4 is 41.0 Å². The Morgan fingerprint density at radius 2 is 1.83 bits per heavy atom. The van der Waals surface area contributed by atoms with Crippen molar-refractivity contribution in [1.82, 2.24) is 10.4 Å². The normalized spacial score (nSPS) is 15.6. The Balaban J connectivity index is 1.50. The van der Waals surface area contributed by atoms with Gasteiger partial charge in [-0.1, -0.05) is 41.9 Å². The topological polar surface area (TPSA) is 105 Å². The molecule has 1 saturated heterocycles. The summed E-state index contributed by atoms with van der Waals surface area (Å²) in [6, 6.07) is 13.6. The highest BCUT2D eigenvalue weighted by atomic mass is 35.5. The lowest BCUT2D eigenvalue weighted by Crippen LogP contribution is -2.43. The number of ether oxygens (including phenoxy) is 1. The van der Waals surface area contributed by atoms with Gasteiger partial charge in [0.1, 0.15) is 0 Å². The number of nitrogens with zero attached hydrogens (tertiary/aromatic N) is 1. The number of hydrogen-bond donors (Lipinski definition) is 2. The van der Waals surface area contributed by atoms with E-state index >= 15 is 0 Å². The molecular formula is C21H20ClN3O5. The van der Waals surface area contributed by atoms with Crippen molar-refractivity contribution < 1.29 is 23.9 Å². The number of hydrogen-bond acceptors (Lipinski definition) is 5. The molecule has 3 rings (SSSR count). The van der Waals surface area contributed by atoms with E-state index in [2.05, 4.69) is 10.7 Å². The van der Waals surface area contributed by atoms with E-state index in [1.807, 2.05) is 0 Å². The third-order valence-corrected chi connectivity index (χ3v) is 4.91. The van der Waals surface area contributed by atoms with Crippen LogP contribution in [0.5, 0.6) is 0 Å². The van der Waals surface area contributed by atoms with Crippen molar-refractivity contribution in [2.45, 2.75) is 13.3 Å². The van der Waals surface area contributed by atoms with E-state index in [1.165, 1.54) is 0 Å². The third-order valence-electron chi connectivity index (χ3n) is 4.58. The minimum absolute atomic E-state index is 0.0264. The molecule has 1 heterocycles. The summed E-state index contributed by atoms with van der Waals surface area (Å²) in [4.78, 5) is 48.8. The Morgan fingerprint density at radius 1 is 1.13 bits per heavy atom. The lowest BCUT2D eigenvalue weighted by Gasteiger charge is -2.18. The van der Waals surface area contributed by atoms with Gasteiger partial charge in [-0.25, -0.2) is 0 Å². The highest BCUT2D eigenvalue weighted by Gasteiger charge is 2.36. The van der Waals surface area contributed by atoms with Gasteiger partial charge in [-0.05, 0) is 30.7 Å². The average Bonchev–Trinajstić information content (AvgIpc) is 3.08. The first-order chi connectivity index (χ1) is 14.3. The number of esters is 1. The van der Waals surface area contributed by atoms with Crippen LogP contribution in [0.4, 0.5) is 5.69 Å². The first kappa shape index (κ1) is 21.3. The van der Waals surface area contributed by atoms with Gasteiger partial charge in [0.2, 0.25) is 5.91 Å². The molecule has 1 aliphatic rings. The first-order valence-corrected chi connectivity index (χ1v) is 9.61. The van der Waals surface area contributed by atoms with Gasteiger partial charge < -0.3 is 10.1 Å². The standard InChI is InChI=1S/C21H20ClN3O5/c1-13-6-2-3-7-15(13)20(28)24-25-11-14(10-19(25)27)21(29)30-12-18(26)23-17-9-5-4-8-16(17)22/h2-9,14H,10-12H2,1H3,(H,23,26)(H,24,28)/t14-/m0/s1. The smallest absolute Gasteiger partial charge is 0.311 e. The molecule has 2 N–H and O–H groups in total. The predicted octanol–water partition coefficient (Wildman–Crippen LogP) is 2.32. The Morgan fingerprint density at radius 3 is 2.57 bits per heavy atom. The molecule has 1 aliphatic heterocycles. The zero-order valence-electron chi connectivity index (χ0n) is 16.2. The van der Waals surface area contributed by atoms with Gasteiger partial charge in [0, 0.05) is 12.0 Å². The molecule has 0 aliphatic carbocycles. The lowest BCUT2D eigenvalue weighted by atomic mass is 10.1. The van der Waals surface area contributed by atoms with Crippen LogP contribution in [0.2, 0.25) is 5.02 Å². The quantitative estimate of drug-likeness (QED) is 0.686. The molecule has 3 amide bonds. The molecule has 0 bridgehead atoms. The second-order valence-corrected chi connectivity index (χ2v) is 7.20. The van der Waals surface area contributed by atoms with E-state index < -0.39 is 36.2 Å². The van der Waals surface area contributed by atoms with E-state index in [1.54, 1.807) is 55.5 Å². The molecule has 9 heteroatoms. The Hall–Kier alpha value is -3.39. The van der Waals surface area contributed by atoms with Crippen LogP contribution in [0.1, 0.15) is 22.3 Å². The van der Waals surface area contributed by atoms with Crippen molar-refractivity contribution in [3.63, 3.8) is 0 Å². The van der Waals surface area contributed by atoms with Crippen LogP contribution in [0.3, 0.4) is 0 Å². The first-order valence-electron chi connectivity index (χ1n) is 9.23. The number of carbonyl (C=O) groups is 4. The van der Waals surface area contributed by atoms with Crippen LogP contribution in [0, 0.1) is 12.8 Å². The zero-order valence-corrected chi connectivity index (χ0v) is 16.9. The molecule has 0 aromatic heterocycles. The van der Waals surface area contributed by atoms with Gasteiger partial charge in [0.25, 0.3) is 11.8 Å². The molecule has 0 unspecified atom stereocenters. The van der Waals surface area contributed by atoms with Gasteiger partial charge in [0.15, 0.2) is 6.61 Å². The van der Waals surface area contributed by atoms with Crippen molar-refractivity contribution in [2.24, 2.45) is 5.92 Å². The molecule has 30 heavy (non-hydrogen) atoms. The van der Waals surface area contributed by atoms with Crippen molar-refractivity contribution in [1.29, 1.82) is 0 Å². The molecule has 2 aromatic rings. The maximum absolute atomic E-state index is 12.4. The van der Waals surface area contributed by atoms with E-state index in [9.17, 15) is 19.2 Å². The number of amides is 3. The summed E-state index contributed by atoms with van der Waals surface area (Å²) >= 11 is 5.96. The minimum Gasteiger partial charge on any atom is -0.455 e. The van der Waals surface area contributed by atoms with Crippen molar-refractivity contribution in [2.75, 3.05) is 18.5 Å². The fourth-order valence-electron chi connectivity index (χ4n) is 2.99. The average molecular weight is 430 g/mol. The minimum atomic E-state index is -0.775. The molecule has 0 spiro atoms. The summed E-state index contributed by atoms with van der Waals surface area (Å²) in [5.74, 6) is -2.85. The fourth-order valence-corrected chi connectivity index (χ4v) is 3.17. The number of nitrogens with one attached hydrogen (secondary N) is 2. The van der Waals surface area contributed by atoms with E-state index in [0.29, 0.717) is 16.3 Å².